The van der Waals surface area contributed by atoms with E-state index in [2.05, 4.69) is 4.98 Å². The van der Waals surface area contributed by atoms with E-state index in [9.17, 15) is 9.18 Å². The first-order valence-corrected chi connectivity index (χ1v) is 5.88. The maximum Gasteiger partial charge on any atom is 0.328 e. The highest BCUT2D eigenvalue weighted by atomic mass is 19.1. The summed E-state index contributed by atoms with van der Waals surface area (Å²) in [4.78, 5) is 14.4. The van der Waals surface area contributed by atoms with E-state index in [4.69, 9.17) is 9.84 Å². The number of carboxylic acids is 1. The molecule has 0 aliphatic carbocycles. The van der Waals surface area contributed by atoms with Crippen LogP contribution in [0.2, 0.25) is 0 Å². The van der Waals surface area contributed by atoms with Crippen molar-refractivity contribution in [3.05, 3.63) is 65.7 Å². The molecule has 1 heterocycles. The number of nitrogens with zero attached hydrogens (tertiary/aromatic N) is 1. The van der Waals surface area contributed by atoms with E-state index in [1.165, 1.54) is 24.4 Å². The fourth-order valence-electron chi connectivity index (χ4n) is 1.48. The lowest BCUT2D eigenvalue weighted by molar-refractivity contribution is -0.131. The predicted octanol–water partition coefficient (Wildman–Crippen LogP) is 2.90. The zero-order chi connectivity index (χ0) is 14.4. The van der Waals surface area contributed by atoms with E-state index in [0.29, 0.717) is 18.1 Å². The summed E-state index contributed by atoms with van der Waals surface area (Å²) in [6.45, 7) is 0.312. The van der Waals surface area contributed by atoms with Crippen molar-refractivity contribution in [2.45, 2.75) is 6.61 Å². The number of benzene rings is 1. The predicted molar refractivity (Wildman–Crippen MR) is 71.6 cm³/mol. The van der Waals surface area contributed by atoms with Crippen molar-refractivity contribution in [2.24, 2.45) is 0 Å². The second-order valence-electron chi connectivity index (χ2n) is 4.01. The van der Waals surface area contributed by atoms with Crippen molar-refractivity contribution in [1.82, 2.24) is 4.98 Å². The van der Waals surface area contributed by atoms with Crippen molar-refractivity contribution in [1.29, 1.82) is 0 Å². The molecule has 0 aliphatic heterocycles. The van der Waals surface area contributed by atoms with Crippen LogP contribution in [0.25, 0.3) is 6.08 Å². The van der Waals surface area contributed by atoms with Gasteiger partial charge in [0.05, 0.1) is 11.9 Å². The van der Waals surface area contributed by atoms with Crippen LogP contribution in [0.4, 0.5) is 4.39 Å². The van der Waals surface area contributed by atoms with Crippen molar-refractivity contribution in [2.75, 3.05) is 0 Å². The third kappa shape index (κ3) is 4.20. The summed E-state index contributed by atoms with van der Waals surface area (Å²) < 4.78 is 18.2. The molecular formula is C15H12FNO3. The summed E-state index contributed by atoms with van der Waals surface area (Å²) in [5.74, 6) is -0.754. The molecule has 5 heteroatoms. The van der Waals surface area contributed by atoms with Crippen molar-refractivity contribution >= 4 is 12.0 Å². The minimum absolute atomic E-state index is 0.287. The third-order valence-electron chi connectivity index (χ3n) is 2.47. The van der Waals surface area contributed by atoms with Gasteiger partial charge in [0.15, 0.2) is 0 Å². The fourth-order valence-corrected chi connectivity index (χ4v) is 1.48. The van der Waals surface area contributed by atoms with Crippen LogP contribution in [-0.2, 0) is 11.4 Å². The number of halogens is 1. The Kier molecular flexibility index (Phi) is 4.44. The lowest BCUT2D eigenvalue weighted by Crippen LogP contribution is -1.96. The van der Waals surface area contributed by atoms with E-state index in [0.717, 1.165) is 11.6 Å². The van der Waals surface area contributed by atoms with Gasteiger partial charge in [-0.15, -0.1) is 0 Å². The highest BCUT2D eigenvalue weighted by Gasteiger charge is 1.98. The molecular weight excluding hydrogens is 261 g/mol. The first-order valence-electron chi connectivity index (χ1n) is 5.88. The van der Waals surface area contributed by atoms with Crippen LogP contribution >= 0.6 is 0 Å². The van der Waals surface area contributed by atoms with Gasteiger partial charge in [-0.1, -0.05) is 12.1 Å². The van der Waals surface area contributed by atoms with Gasteiger partial charge in [-0.2, -0.15) is 0 Å². The van der Waals surface area contributed by atoms with Crippen LogP contribution in [-0.4, -0.2) is 16.1 Å². The molecule has 0 aliphatic rings. The molecule has 0 spiro atoms. The molecule has 4 nitrogen and oxygen atoms in total. The number of pyridine rings is 1. The Morgan fingerprint density at radius 1 is 1.25 bits per heavy atom. The van der Waals surface area contributed by atoms with Gasteiger partial charge in [0.25, 0.3) is 0 Å². The Bertz CT molecular complexity index is 606. The van der Waals surface area contributed by atoms with Crippen LogP contribution in [0, 0.1) is 5.82 Å². The highest BCUT2D eigenvalue weighted by Crippen LogP contribution is 2.13. The molecule has 2 rings (SSSR count). The molecule has 0 atom stereocenters. The molecule has 0 bridgehead atoms. The van der Waals surface area contributed by atoms with Crippen molar-refractivity contribution in [3.8, 4) is 5.75 Å². The Morgan fingerprint density at radius 2 is 2.00 bits per heavy atom. The van der Waals surface area contributed by atoms with Crippen molar-refractivity contribution < 1.29 is 19.0 Å². The van der Waals surface area contributed by atoms with Gasteiger partial charge in [0.2, 0.25) is 0 Å². The number of aromatic nitrogens is 1. The summed E-state index contributed by atoms with van der Waals surface area (Å²) in [5.41, 5.74) is 1.38. The molecule has 1 aromatic carbocycles. The number of rotatable bonds is 5. The maximum absolute atomic E-state index is 12.7. The average molecular weight is 273 g/mol. The molecule has 20 heavy (non-hydrogen) atoms. The zero-order valence-corrected chi connectivity index (χ0v) is 10.5. The molecule has 0 unspecified atom stereocenters. The number of ether oxygens (including phenoxy) is 1. The first kappa shape index (κ1) is 13.7. The molecule has 1 N–H and O–H groups in total. The number of carboxylic acid groups (broad SMARTS) is 1. The summed E-state index contributed by atoms with van der Waals surface area (Å²) in [5, 5.41) is 8.49. The van der Waals surface area contributed by atoms with Crippen LogP contribution in [0.1, 0.15) is 11.3 Å². The maximum atomic E-state index is 12.7. The lowest BCUT2D eigenvalue weighted by atomic mass is 10.2. The molecule has 2 aromatic rings. The second kappa shape index (κ2) is 6.47. The quantitative estimate of drug-likeness (QED) is 0.851. The summed E-state index contributed by atoms with van der Waals surface area (Å²) >= 11 is 0. The minimum Gasteiger partial charge on any atom is -0.487 e. The molecule has 0 saturated heterocycles. The molecule has 1 aromatic heterocycles. The average Bonchev–Trinajstić information content (AvgIpc) is 2.45. The van der Waals surface area contributed by atoms with E-state index in [1.807, 2.05) is 0 Å². The summed E-state index contributed by atoms with van der Waals surface area (Å²) in [7, 11) is 0. The Morgan fingerprint density at radius 3 is 2.60 bits per heavy atom. The van der Waals surface area contributed by atoms with Gasteiger partial charge >= 0.3 is 5.97 Å². The smallest absolute Gasteiger partial charge is 0.328 e. The molecule has 102 valence electrons. The topological polar surface area (TPSA) is 59.4 Å². The van der Waals surface area contributed by atoms with E-state index in [-0.39, 0.29) is 5.82 Å². The van der Waals surface area contributed by atoms with Gasteiger partial charge in [0.1, 0.15) is 18.2 Å². The summed E-state index contributed by atoms with van der Waals surface area (Å²) in [6.07, 6.45) is 3.92. The molecule has 0 fully saturated rings. The van der Waals surface area contributed by atoms with Crippen LogP contribution in [0.5, 0.6) is 5.75 Å². The Hall–Kier alpha value is -2.69. The SMILES string of the molecule is O=C(O)/C=C/c1ccc(OCc2ccc(F)cc2)cn1. The number of hydrogen-bond acceptors (Lipinski definition) is 3. The third-order valence-corrected chi connectivity index (χ3v) is 2.47. The van der Waals surface area contributed by atoms with Gasteiger partial charge in [0, 0.05) is 6.08 Å². The van der Waals surface area contributed by atoms with Gasteiger partial charge in [-0.25, -0.2) is 9.18 Å². The number of carbonyl (C=O) groups is 1. The van der Waals surface area contributed by atoms with Gasteiger partial charge in [-0.3, -0.25) is 4.98 Å². The van der Waals surface area contributed by atoms with Crippen molar-refractivity contribution in [3.63, 3.8) is 0 Å². The Labute approximate surface area is 115 Å². The largest absolute Gasteiger partial charge is 0.487 e. The van der Waals surface area contributed by atoms with E-state index in [1.54, 1.807) is 24.3 Å². The number of hydrogen-bond donors (Lipinski definition) is 1. The van der Waals surface area contributed by atoms with Gasteiger partial charge in [-0.05, 0) is 35.9 Å². The second-order valence-corrected chi connectivity index (χ2v) is 4.01. The molecule has 0 saturated carbocycles. The molecule has 0 amide bonds. The van der Waals surface area contributed by atoms with Crippen LogP contribution in [0.15, 0.2) is 48.7 Å². The first-order chi connectivity index (χ1) is 9.63. The minimum atomic E-state index is -1.02. The standard InChI is InChI=1S/C15H12FNO3/c16-12-3-1-11(2-4-12)10-20-14-7-5-13(17-9-14)6-8-15(18)19/h1-9H,10H2,(H,18,19)/b8-6+. The summed E-state index contributed by atoms with van der Waals surface area (Å²) in [6, 6.07) is 9.38. The lowest BCUT2D eigenvalue weighted by Gasteiger charge is -2.06. The number of aliphatic carboxylic acids is 1. The fraction of sp³-hybridized carbons (Fsp3) is 0.0667. The Balaban J connectivity index is 1.93. The monoisotopic (exact) mass is 273 g/mol. The van der Waals surface area contributed by atoms with Crippen LogP contribution < -0.4 is 4.74 Å². The van der Waals surface area contributed by atoms with E-state index >= 15 is 0 Å². The zero-order valence-electron chi connectivity index (χ0n) is 10.5. The van der Waals surface area contributed by atoms with Crippen LogP contribution in [0.3, 0.4) is 0 Å². The normalized spacial score (nSPS) is 10.7. The van der Waals surface area contributed by atoms with E-state index < -0.39 is 5.97 Å². The molecule has 0 radical (unpaired) electrons. The van der Waals surface area contributed by atoms with Gasteiger partial charge < -0.3 is 9.84 Å². The highest BCUT2D eigenvalue weighted by molar-refractivity contribution is 5.84.